The molecule has 1 amide bonds. The van der Waals surface area contributed by atoms with E-state index in [1.807, 2.05) is 68.5 Å². The van der Waals surface area contributed by atoms with Crippen LogP contribution in [0, 0.1) is 0 Å². The van der Waals surface area contributed by atoms with Crippen LogP contribution in [-0.4, -0.2) is 29.8 Å². The maximum Gasteiger partial charge on any atom is 0.271 e. The van der Waals surface area contributed by atoms with Gasteiger partial charge in [-0.1, -0.05) is 31.2 Å². The highest BCUT2D eigenvalue weighted by molar-refractivity contribution is 8.19. The molecule has 4 rings (SSSR count). The maximum absolute atomic E-state index is 13.2. The Labute approximate surface area is 175 Å². The van der Waals surface area contributed by atoms with Crippen molar-refractivity contribution in [1.82, 2.24) is 0 Å². The third-order valence-corrected chi connectivity index (χ3v) is 5.61. The van der Waals surface area contributed by atoms with Crippen LogP contribution in [0.1, 0.15) is 32.8 Å². The Kier molecular flexibility index (Phi) is 5.62. The molecule has 0 spiro atoms. The first kappa shape index (κ1) is 19.6. The van der Waals surface area contributed by atoms with E-state index < -0.39 is 0 Å². The second-order valence-corrected chi connectivity index (χ2v) is 8.27. The van der Waals surface area contributed by atoms with Crippen LogP contribution >= 0.6 is 11.8 Å². The van der Waals surface area contributed by atoms with Crippen molar-refractivity contribution in [2.45, 2.75) is 39.3 Å². The Bertz CT molecular complexity index is 969. The molecule has 0 aromatic heterocycles. The van der Waals surface area contributed by atoms with Crippen molar-refractivity contribution in [3.63, 3.8) is 0 Å². The highest BCUT2D eigenvalue weighted by atomic mass is 32.2. The SMILES string of the molecule is CCC1COc2ccc(/C=C3\S/C(=N\C(C)C)N(c4ccccc4)C3=O)cc2O1. The Balaban J connectivity index is 1.67. The number of hydrogen-bond acceptors (Lipinski definition) is 5. The zero-order valence-corrected chi connectivity index (χ0v) is 17.6. The molecule has 5 nitrogen and oxygen atoms in total. The molecule has 2 aliphatic rings. The summed E-state index contributed by atoms with van der Waals surface area (Å²) in [5.74, 6) is 1.40. The molecule has 0 saturated carbocycles. The first-order valence-electron chi connectivity index (χ1n) is 9.85. The van der Waals surface area contributed by atoms with Gasteiger partial charge in [-0.2, -0.15) is 0 Å². The minimum Gasteiger partial charge on any atom is -0.486 e. The number of amides is 1. The summed E-state index contributed by atoms with van der Waals surface area (Å²) < 4.78 is 11.8. The van der Waals surface area contributed by atoms with Crippen molar-refractivity contribution < 1.29 is 14.3 Å². The lowest BCUT2D eigenvalue weighted by molar-refractivity contribution is -0.113. The van der Waals surface area contributed by atoms with Crippen LogP contribution in [0.5, 0.6) is 11.5 Å². The Morgan fingerprint density at radius 2 is 2.00 bits per heavy atom. The molecule has 1 saturated heterocycles. The Hall–Kier alpha value is -2.73. The number of thioether (sulfide) groups is 1. The summed E-state index contributed by atoms with van der Waals surface area (Å²) in [6.07, 6.45) is 2.84. The first-order chi connectivity index (χ1) is 14.0. The quantitative estimate of drug-likeness (QED) is 0.659. The average molecular weight is 409 g/mol. The molecule has 150 valence electrons. The van der Waals surface area contributed by atoms with Gasteiger partial charge in [-0.25, -0.2) is 0 Å². The van der Waals surface area contributed by atoms with Crippen LogP contribution in [0.25, 0.3) is 6.08 Å². The van der Waals surface area contributed by atoms with E-state index in [-0.39, 0.29) is 18.1 Å². The van der Waals surface area contributed by atoms with Gasteiger partial charge in [0.05, 0.1) is 10.6 Å². The summed E-state index contributed by atoms with van der Waals surface area (Å²) in [4.78, 5) is 20.2. The third-order valence-electron chi connectivity index (χ3n) is 4.63. The van der Waals surface area contributed by atoms with Crippen LogP contribution in [0.2, 0.25) is 0 Å². The molecule has 1 atom stereocenters. The second kappa shape index (κ2) is 8.33. The largest absolute Gasteiger partial charge is 0.486 e. The predicted octanol–water partition coefficient (Wildman–Crippen LogP) is 5.12. The van der Waals surface area contributed by atoms with Crippen LogP contribution in [0.15, 0.2) is 58.4 Å². The molecular weight excluding hydrogens is 384 g/mol. The van der Waals surface area contributed by atoms with Crippen LogP contribution in [0.4, 0.5) is 5.69 Å². The first-order valence-corrected chi connectivity index (χ1v) is 10.7. The number of aliphatic imine (C=N–C) groups is 1. The number of carbonyl (C=O) groups excluding carboxylic acids is 1. The summed E-state index contributed by atoms with van der Waals surface area (Å²) in [5.41, 5.74) is 1.72. The van der Waals surface area contributed by atoms with Crippen LogP contribution in [0.3, 0.4) is 0 Å². The van der Waals surface area contributed by atoms with Crippen molar-refractivity contribution in [2.75, 3.05) is 11.5 Å². The lowest BCUT2D eigenvalue weighted by atomic mass is 10.1. The Morgan fingerprint density at radius 1 is 1.21 bits per heavy atom. The number of carbonyl (C=O) groups is 1. The summed E-state index contributed by atoms with van der Waals surface area (Å²) >= 11 is 1.40. The number of benzene rings is 2. The number of para-hydroxylation sites is 1. The lowest BCUT2D eigenvalue weighted by Crippen LogP contribution is -2.29. The van der Waals surface area contributed by atoms with Gasteiger partial charge in [-0.3, -0.25) is 14.7 Å². The molecule has 1 fully saturated rings. The fourth-order valence-corrected chi connectivity index (χ4v) is 4.27. The third kappa shape index (κ3) is 4.17. The minimum atomic E-state index is -0.0677. The zero-order valence-electron chi connectivity index (χ0n) is 16.8. The number of fused-ring (bicyclic) bond motifs is 1. The van der Waals surface area contributed by atoms with Gasteiger partial charge >= 0.3 is 0 Å². The van der Waals surface area contributed by atoms with Crippen LogP contribution < -0.4 is 14.4 Å². The van der Waals surface area contributed by atoms with Gasteiger partial charge in [0.2, 0.25) is 0 Å². The van der Waals surface area contributed by atoms with Gasteiger partial charge in [0.1, 0.15) is 12.7 Å². The maximum atomic E-state index is 13.2. The number of ether oxygens (including phenoxy) is 2. The lowest BCUT2D eigenvalue weighted by Gasteiger charge is -2.25. The van der Waals surface area contributed by atoms with E-state index in [2.05, 4.69) is 11.9 Å². The molecule has 29 heavy (non-hydrogen) atoms. The van der Waals surface area contributed by atoms with Gasteiger partial charge in [0, 0.05) is 6.04 Å². The monoisotopic (exact) mass is 408 g/mol. The summed E-state index contributed by atoms with van der Waals surface area (Å²) in [6, 6.07) is 15.5. The summed E-state index contributed by atoms with van der Waals surface area (Å²) in [7, 11) is 0. The molecule has 2 aliphatic heterocycles. The van der Waals surface area contributed by atoms with Gasteiger partial charge < -0.3 is 9.47 Å². The number of nitrogens with zero attached hydrogens (tertiary/aromatic N) is 2. The number of hydrogen-bond donors (Lipinski definition) is 0. The molecule has 0 N–H and O–H groups in total. The molecular formula is C23H24N2O3S. The van der Waals surface area contributed by atoms with Gasteiger partial charge in [0.15, 0.2) is 16.7 Å². The van der Waals surface area contributed by atoms with E-state index in [1.165, 1.54) is 11.8 Å². The van der Waals surface area contributed by atoms with Crippen LogP contribution in [-0.2, 0) is 4.79 Å². The van der Waals surface area contributed by atoms with E-state index >= 15 is 0 Å². The highest BCUT2D eigenvalue weighted by Crippen LogP contribution is 2.38. The summed E-state index contributed by atoms with van der Waals surface area (Å²) in [5, 5.41) is 0.700. The highest BCUT2D eigenvalue weighted by Gasteiger charge is 2.34. The molecule has 0 radical (unpaired) electrons. The topological polar surface area (TPSA) is 51.1 Å². The van der Waals surface area contributed by atoms with Gasteiger partial charge in [-0.15, -0.1) is 0 Å². The molecule has 0 aliphatic carbocycles. The van der Waals surface area contributed by atoms with E-state index in [0.717, 1.165) is 29.2 Å². The molecule has 1 unspecified atom stereocenters. The Morgan fingerprint density at radius 3 is 2.72 bits per heavy atom. The van der Waals surface area contributed by atoms with Gasteiger partial charge in [-0.05, 0) is 67.9 Å². The minimum absolute atomic E-state index is 0.0613. The van der Waals surface area contributed by atoms with Crippen molar-refractivity contribution in [2.24, 2.45) is 4.99 Å². The van der Waals surface area contributed by atoms with Crippen molar-refractivity contribution in [3.05, 3.63) is 59.0 Å². The normalized spacial score (nSPS) is 21.4. The zero-order chi connectivity index (χ0) is 20.4. The average Bonchev–Trinajstić information content (AvgIpc) is 3.02. The number of rotatable bonds is 4. The molecule has 2 heterocycles. The molecule has 0 bridgehead atoms. The fourth-order valence-electron chi connectivity index (χ4n) is 3.16. The van der Waals surface area contributed by atoms with E-state index in [9.17, 15) is 4.79 Å². The second-order valence-electron chi connectivity index (χ2n) is 7.26. The van der Waals surface area contributed by atoms with Crippen molar-refractivity contribution >= 4 is 34.6 Å². The van der Waals surface area contributed by atoms with Crippen molar-refractivity contribution in [1.29, 1.82) is 0 Å². The van der Waals surface area contributed by atoms with Crippen molar-refractivity contribution in [3.8, 4) is 11.5 Å². The predicted molar refractivity (Wildman–Crippen MR) is 119 cm³/mol. The van der Waals surface area contributed by atoms with E-state index in [1.54, 1.807) is 4.90 Å². The smallest absolute Gasteiger partial charge is 0.271 e. The fraction of sp³-hybridized carbons (Fsp3) is 0.304. The van der Waals surface area contributed by atoms with Gasteiger partial charge in [0.25, 0.3) is 5.91 Å². The standard InChI is InChI=1S/C23H24N2O3S/c1-4-18-14-27-19-11-10-16(12-20(19)28-18)13-21-22(26)25(17-8-6-5-7-9-17)23(29-21)24-15(2)3/h5-13,15,18H,4,14H2,1-3H3/b21-13-,24-23-. The molecule has 6 heteroatoms. The number of amidine groups is 1. The number of anilines is 1. The summed E-state index contributed by atoms with van der Waals surface area (Å²) in [6.45, 7) is 6.66. The van der Waals surface area contributed by atoms with E-state index in [4.69, 9.17) is 9.47 Å². The molecule has 2 aromatic carbocycles. The van der Waals surface area contributed by atoms with E-state index in [0.29, 0.717) is 16.7 Å². The molecule has 2 aromatic rings.